The number of hydrogen-bond acceptors (Lipinski definition) is 2. The summed E-state index contributed by atoms with van der Waals surface area (Å²) in [5.74, 6) is 0. The Morgan fingerprint density at radius 2 is 1.60 bits per heavy atom. The van der Waals surface area contributed by atoms with Crippen LogP contribution < -0.4 is 0 Å². The third-order valence-corrected chi connectivity index (χ3v) is 6.85. The fraction of sp³-hybridized carbons (Fsp3) is 0.500. The van der Waals surface area contributed by atoms with Crippen molar-refractivity contribution in [1.29, 1.82) is 0 Å². The zero-order valence-corrected chi connectivity index (χ0v) is 17.7. The lowest BCUT2D eigenvalue weighted by Gasteiger charge is -2.47. The summed E-state index contributed by atoms with van der Waals surface area (Å²) in [5.41, 5.74) is 1.80. The van der Waals surface area contributed by atoms with Crippen LogP contribution in [-0.2, 0) is 22.9 Å². The normalized spacial score (nSPS) is 20.1. The standard InChI is InChI=1S/C24H27ClF3NO/c25-21-8-6-19(7-9-21)23(12-1-13-23)17-29-14-10-22(11-15-29)30-16-18-2-4-20(5-3-18)24(26,27)28/h2-9,22H,1,10-17H2. The first-order chi connectivity index (χ1) is 14.3. The number of piperidine rings is 1. The highest BCUT2D eigenvalue weighted by Gasteiger charge is 2.40. The van der Waals surface area contributed by atoms with Crippen LogP contribution >= 0.6 is 11.6 Å². The van der Waals surface area contributed by atoms with Crippen LogP contribution in [0.5, 0.6) is 0 Å². The molecule has 4 rings (SSSR count). The summed E-state index contributed by atoms with van der Waals surface area (Å²) < 4.78 is 44.0. The second-order valence-corrected chi connectivity index (χ2v) is 9.06. The van der Waals surface area contributed by atoms with Crippen LogP contribution in [0.2, 0.25) is 5.02 Å². The number of nitrogens with zero attached hydrogens (tertiary/aromatic N) is 1. The molecule has 1 aliphatic heterocycles. The van der Waals surface area contributed by atoms with Gasteiger partial charge in [0.1, 0.15) is 0 Å². The van der Waals surface area contributed by atoms with E-state index < -0.39 is 11.7 Å². The third-order valence-electron chi connectivity index (χ3n) is 6.60. The van der Waals surface area contributed by atoms with Crippen molar-refractivity contribution in [2.45, 2.75) is 56.4 Å². The van der Waals surface area contributed by atoms with Crippen molar-refractivity contribution in [2.75, 3.05) is 19.6 Å². The first-order valence-electron chi connectivity index (χ1n) is 10.6. The average molecular weight is 438 g/mol. The molecule has 0 amide bonds. The second kappa shape index (κ2) is 8.89. The van der Waals surface area contributed by atoms with Gasteiger partial charge in [-0.05, 0) is 61.1 Å². The Hall–Kier alpha value is -1.56. The van der Waals surface area contributed by atoms with Crippen molar-refractivity contribution in [2.24, 2.45) is 0 Å². The van der Waals surface area contributed by atoms with Crippen LogP contribution in [0.15, 0.2) is 48.5 Å². The van der Waals surface area contributed by atoms with E-state index in [0.717, 1.165) is 55.2 Å². The van der Waals surface area contributed by atoms with Crippen molar-refractivity contribution in [3.63, 3.8) is 0 Å². The molecule has 1 saturated carbocycles. The van der Waals surface area contributed by atoms with Crippen LogP contribution in [0.1, 0.15) is 48.8 Å². The van der Waals surface area contributed by atoms with E-state index in [1.807, 2.05) is 12.1 Å². The molecule has 162 valence electrons. The van der Waals surface area contributed by atoms with Gasteiger partial charge in [-0.15, -0.1) is 0 Å². The van der Waals surface area contributed by atoms with E-state index in [-0.39, 0.29) is 11.5 Å². The maximum Gasteiger partial charge on any atom is 0.416 e. The fourth-order valence-corrected chi connectivity index (χ4v) is 4.74. The average Bonchev–Trinajstić information content (AvgIpc) is 2.70. The number of hydrogen-bond donors (Lipinski definition) is 0. The highest BCUT2D eigenvalue weighted by atomic mass is 35.5. The van der Waals surface area contributed by atoms with Gasteiger partial charge >= 0.3 is 6.18 Å². The Labute approximate surface area is 181 Å². The minimum absolute atomic E-state index is 0.163. The molecule has 6 heteroatoms. The molecule has 2 fully saturated rings. The molecule has 1 aliphatic carbocycles. The Kier molecular flexibility index (Phi) is 6.42. The molecule has 2 aromatic carbocycles. The van der Waals surface area contributed by atoms with E-state index in [9.17, 15) is 13.2 Å². The van der Waals surface area contributed by atoms with Gasteiger partial charge in [0.2, 0.25) is 0 Å². The number of benzene rings is 2. The summed E-state index contributed by atoms with van der Waals surface area (Å²) in [6.07, 6.45) is 1.49. The van der Waals surface area contributed by atoms with E-state index in [1.54, 1.807) is 0 Å². The van der Waals surface area contributed by atoms with E-state index >= 15 is 0 Å². The maximum absolute atomic E-state index is 12.7. The Bertz CT molecular complexity index is 823. The minimum Gasteiger partial charge on any atom is -0.373 e. The van der Waals surface area contributed by atoms with Gasteiger partial charge < -0.3 is 9.64 Å². The van der Waals surface area contributed by atoms with Gasteiger partial charge in [-0.3, -0.25) is 0 Å². The molecule has 1 heterocycles. The van der Waals surface area contributed by atoms with Gasteiger partial charge in [-0.2, -0.15) is 13.2 Å². The van der Waals surface area contributed by atoms with Crippen LogP contribution in [0.25, 0.3) is 0 Å². The van der Waals surface area contributed by atoms with Gasteiger partial charge in [-0.1, -0.05) is 42.3 Å². The first kappa shape index (κ1) is 21.7. The lowest BCUT2D eigenvalue weighted by molar-refractivity contribution is -0.137. The largest absolute Gasteiger partial charge is 0.416 e. The monoisotopic (exact) mass is 437 g/mol. The summed E-state index contributed by atoms with van der Waals surface area (Å²) >= 11 is 6.06. The highest BCUT2D eigenvalue weighted by molar-refractivity contribution is 6.30. The maximum atomic E-state index is 12.7. The number of ether oxygens (including phenoxy) is 1. The lowest BCUT2D eigenvalue weighted by atomic mass is 9.64. The van der Waals surface area contributed by atoms with Gasteiger partial charge in [0, 0.05) is 30.1 Å². The number of likely N-dealkylation sites (tertiary alicyclic amines) is 1. The minimum atomic E-state index is -4.30. The highest BCUT2D eigenvalue weighted by Crippen LogP contribution is 2.45. The SMILES string of the molecule is FC(F)(F)c1ccc(COC2CCN(CC3(c4ccc(Cl)cc4)CCC3)CC2)cc1. The quantitative estimate of drug-likeness (QED) is 0.514. The molecular formula is C24H27ClF3NO. The summed E-state index contributed by atoms with van der Waals surface area (Å²) in [6, 6.07) is 13.6. The van der Waals surface area contributed by atoms with Crippen LogP contribution in [0.3, 0.4) is 0 Å². The van der Waals surface area contributed by atoms with Gasteiger partial charge in [-0.25, -0.2) is 0 Å². The van der Waals surface area contributed by atoms with Crippen molar-refractivity contribution < 1.29 is 17.9 Å². The zero-order valence-electron chi connectivity index (χ0n) is 16.9. The van der Waals surface area contributed by atoms with Crippen molar-refractivity contribution in [1.82, 2.24) is 4.90 Å². The molecule has 0 radical (unpaired) electrons. The van der Waals surface area contributed by atoms with Gasteiger partial charge in [0.05, 0.1) is 18.3 Å². The molecule has 0 unspecified atom stereocenters. The Morgan fingerprint density at radius 3 is 2.13 bits per heavy atom. The number of alkyl halides is 3. The molecule has 2 nitrogen and oxygen atoms in total. The van der Waals surface area contributed by atoms with E-state index in [1.165, 1.54) is 37.0 Å². The molecule has 0 N–H and O–H groups in total. The summed E-state index contributed by atoms with van der Waals surface area (Å²) in [5, 5.41) is 0.777. The number of halogens is 4. The van der Waals surface area contributed by atoms with E-state index in [0.29, 0.717) is 6.61 Å². The Morgan fingerprint density at radius 1 is 0.967 bits per heavy atom. The molecule has 0 aromatic heterocycles. The fourth-order valence-electron chi connectivity index (χ4n) is 4.61. The lowest BCUT2D eigenvalue weighted by Crippen LogP contribution is -2.48. The van der Waals surface area contributed by atoms with Crippen LogP contribution in [-0.4, -0.2) is 30.6 Å². The zero-order chi connectivity index (χ0) is 21.2. The molecule has 0 atom stereocenters. The van der Waals surface area contributed by atoms with E-state index in [2.05, 4.69) is 17.0 Å². The molecule has 0 spiro atoms. The Balaban J connectivity index is 1.25. The van der Waals surface area contributed by atoms with Gasteiger partial charge in [0.25, 0.3) is 0 Å². The summed E-state index contributed by atoms with van der Waals surface area (Å²) in [4.78, 5) is 2.53. The van der Waals surface area contributed by atoms with Crippen molar-refractivity contribution >= 4 is 11.6 Å². The second-order valence-electron chi connectivity index (χ2n) is 8.62. The molecular weight excluding hydrogens is 411 g/mol. The van der Waals surface area contributed by atoms with E-state index in [4.69, 9.17) is 16.3 Å². The third kappa shape index (κ3) is 5.01. The predicted octanol–water partition coefficient (Wildman–Crippen LogP) is 6.46. The summed E-state index contributed by atoms with van der Waals surface area (Å²) in [6.45, 7) is 3.41. The molecule has 2 aromatic rings. The van der Waals surface area contributed by atoms with Crippen molar-refractivity contribution in [3.8, 4) is 0 Å². The van der Waals surface area contributed by atoms with Crippen LogP contribution in [0, 0.1) is 0 Å². The predicted molar refractivity (Wildman–Crippen MR) is 113 cm³/mol. The summed E-state index contributed by atoms with van der Waals surface area (Å²) in [7, 11) is 0. The molecule has 0 bridgehead atoms. The topological polar surface area (TPSA) is 12.5 Å². The molecule has 2 aliphatic rings. The van der Waals surface area contributed by atoms with Crippen LogP contribution in [0.4, 0.5) is 13.2 Å². The molecule has 1 saturated heterocycles. The molecule has 30 heavy (non-hydrogen) atoms. The smallest absolute Gasteiger partial charge is 0.373 e. The first-order valence-corrected chi connectivity index (χ1v) is 11.0. The van der Waals surface area contributed by atoms with Gasteiger partial charge in [0.15, 0.2) is 0 Å². The number of rotatable bonds is 6. The van der Waals surface area contributed by atoms with Crippen molar-refractivity contribution in [3.05, 3.63) is 70.2 Å².